The van der Waals surface area contributed by atoms with Crippen molar-refractivity contribution in [1.82, 2.24) is 10.6 Å². The molecule has 0 aliphatic heterocycles. The SMILES string of the molecule is CN.CNC(=S)c1cc(C)ccc1C.CNC(=S)c1cc(C)ccc1C.NC(=O)CC=O. The molecule has 0 atom stereocenters. The fourth-order valence-electron chi connectivity index (χ4n) is 2.31. The third kappa shape index (κ3) is 12.9. The summed E-state index contributed by atoms with van der Waals surface area (Å²) in [6.07, 6.45) is 0.308. The van der Waals surface area contributed by atoms with Gasteiger partial charge < -0.3 is 26.9 Å². The number of hydrogen-bond acceptors (Lipinski definition) is 5. The number of rotatable bonds is 4. The second kappa shape index (κ2) is 17.9. The summed E-state index contributed by atoms with van der Waals surface area (Å²) in [4.78, 5) is 20.5. The molecular formula is C24H36N4O2S2. The molecule has 8 heteroatoms. The molecule has 2 aromatic carbocycles. The molecule has 2 aromatic rings. The molecule has 0 aliphatic rings. The fraction of sp³-hybridized carbons (Fsp3) is 0.333. The van der Waals surface area contributed by atoms with E-state index in [0.717, 1.165) is 21.1 Å². The summed E-state index contributed by atoms with van der Waals surface area (Å²) in [5.41, 5.74) is 16.2. The number of aldehydes is 1. The molecule has 0 spiro atoms. The van der Waals surface area contributed by atoms with Crippen LogP contribution in [0, 0.1) is 27.7 Å². The number of thiocarbonyl (C=S) groups is 2. The number of nitrogens with two attached hydrogens (primary N) is 2. The minimum atomic E-state index is -0.579. The zero-order valence-electron chi connectivity index (χ0n) is 20.0. The fourth-order valence-corrected chi connectivity index (χ4v) is 2.75. The normalized spacial score (nSPS) is 8.75. The number of primary amides is 1. The van der Waals surface area contributed by atoms with Crippen molar-refractivity contribution in [2.45, 2.75) is 34.1 Å². The zero-order valence-corrected chi connectivity index (χ0v) is 21.7. The Kier molecular flexibility index (Phi) is 17.7. The number of carbonyl (C=O) groups is 2. The Bertz CT molecular complexity index is 836. The van der Waals surface area contributed by atoms with Crippen molar-refractivity contribution in [1.29, 1.82) is 0 Å². The minimum absolute atomic E-state index is 0.167. The van der Waals surface area contributed by atoms with Crippen LogP contribution in [0.15, 0.2) is 36.4 Å². The molecule has 0 bridgehead atoms. The Morgan fingerprint density at radius 2 is 1.19 bits per heavy atom. The highest BCUT2D eigenvalue weighted by Crippen LogP contribution is 2.11. The summed E-state index contributed by atoms with van der Waals surface area (Å²) in [6, 6.07) is 12.6. The van der Waals surface area contributed by atoms with Crippen molar-refractivity contribution in [3.63, 3.8) is 0 Å². The second-order valence-corrected chi connectivity index (χ2v) is 7.45. The van der Waals surface area contributed by atoms with Crippen molar-refractivity contribution < 1.29 is 9.59 Å². The first-order valence-corrected chi connectivity index (χ1v) is 10.8. The van der Waals surface area contributed by atoms with Crippen LogP contribution in [0.4, 0.5) is 0 Å². The molecule has 0 saturated carbocycles. The summed E-state index contributed by atoms with van der Waals surface area (Å²) in [7, 11) is 5.20. The van der Waals surface area contributed by atoms with E-state index in [0.29, 0.717) is 6.29 Å². The smallest absolute Gasteiger partial charge is 0.224 e. The van der Waals surface area contributed by atoms with Crippen LogP contribution >= 0.6 is 24.4 Å². The van der Waals surface area contributed by atoms with E-state index < -0.39 is 5.91 Å². The van der Waals surface area contributed by atoms with Crippen LogP contribution in [-0.4, -0.2) is 43.3 Å². The summed E-state index contributed by atoms with van der Waals surface area (Å²) in [6.45, 7) is 8.28. The van der Waals surface area contributed by atoms with Gasteiger partial charge in [-0.2, -0.15) is 0 Å². The van der Waals surface area contributed by atoms with E-state index in [-0.39, 0.29) is 6.42 Å². The van der Waals surface area contributed by atoms with Gasteiger partial charge in [-0.3, -0.25) is 4.79 Å². The molecule has 0 radical (unpaired) electrons. The minimum Gasteiger partial charge on any atom is -0.379 e. The maximum atomic E-state index is 9.59. The molecule has 6 N–H and O–H groups in total. The summed E-state index contributed by atoms with van der Waals surface area (Å²) in [5, 5.41) is 5.96. The van der Waals surface area contributed by atoms with Crippen LogP contribution in [0.1, 0.15) is 39.8 Å². The number of carbonyl (C=O) groups excluding carboxylic acids is 2. The highest BCUT2D eigenvalue weighted by atomic mass is 32.1. The van der Waals surface area contributed by atoms with Gasteiger partial charge in [0.15, 0.2) is 0 Å². The second-order valence-electron chi connectivity index (χ2n) is 6.63. The van der Waals surface area contributed by atoms with E-state index in [4.69, 9.17) is 24.4 Å². The van der Waals surface area contributed by atoms with Crippen LogP contribution in [-0.2, 0) is 9.59 Å². The largest absolute Gasteiger partial charge is 0.379 e. The van der Waals surface area contributed by atoms with Gasteiger partial charge >= 0.3 is 0 Å². The maximum absolute atomic E-state index is 9.59. The molecule has 0 heterocycles. The van der Waals surface area contributed by atoms with E-state index in [9.17, 15) is 9.59 Å². The number of aryl methyl sites for hydroxylation is 4. The van der Waals surface area contributed by atoms with Crippen LogP contribution < -0.4 is 22.1 Å². The summed E-state index contributed by atoms with van der Waals surface area (Å²) < 4.78 is 0. The predicted octanol–water partition coefficient (Wildman–Crippen LogP) is 3.03. The Morgan fingerprint density at radius 1 is 0.844 bits per heavy atom. The molecule has 1 amide bonds. The highest BCUT2D eigenvalue weighted by Gasteiger charge is 2.02. The first-order valence-electron chi connectivity index (χ1n) is 9.95. The third-order valence-electron chi connectivity index (χ3n) is 4.01. The zero-order chi connectivity index (χ0) is 25.3. The van der Waals surface area contributed by atoms with Crippen molar-refractivity contribution in [2.24, 2.45) is 11.5 Å². The van der Waals surface area contributed by atoms with Gasteiger partial charge in [-0.1, -0.05) is 59.8 Å². The maximum Gasteiger partial charge on any atom is 0.224 e. The number of nitrogens with one attached hydrogen (secondary N) is 2. The van der Waals surface area contributed by atoms with Gasteiger partial charge in [0.1, 0.15) is 16.3 Å². The van der Waals surface area contributed by atoms with Gasteiger partial charge in [0.05, 0.1) is 6.42 Å². The number of amides is 1. The quantitative estimate of drug-likeness (QED) is 0.305. The third-order valence-corrected chi connectivity index (χ3v) is 4.86. The highest BCUT2D eigenvalue weighted by molar-refractivity contribution is 7.81. The van der Waals surface area contributed by atoms with Crippen molar-refractivity contribution >= 4 is 46.6 Å². The average molecular weight is 477 g/mol. The molecule has 32 heavy (non-hydrogen) atoms. The lowest BCUT2D eigenvalue weighted by Crippen LogP contribution is -2.17. The lowest BCUT2D eigenvalue weighted by Gasteiger charge is -2.07. The average Bonchev–Trinajstić information content (AvgIpc) is 2.78. The van der Waals surface area contributed by atoms with Crippen LogP contribution in [0.3, 0.4) is 0 Å². The molecule has 6 nitrogen and oxygen atoms in total. The Hall–Kier alpha value is -2.68. The lowest BCUT2D eigenvalue weighted by atomic mass is 10.1. The van der Waals surface area contributed by atoms with Crippen molar-refractivity contribution in [3.8, 4) is 0 Å². The Labute approximate surface area is 203 Å². The standard InChI is InChI=1S/2C10H13NS.C3H5NO2.CH5N/c2*1-7-4-5-8(2)9(6-7)10(12)11-3;4-3(6)1-2-5;1-2/h2*4-6H,1-3H3,(H,11,12);2H,1H2,(H2,4,6);2H2,1H3. The van der Waals surface area contributed by atoms with Crippen LogP contribution in [0.2, 0.25) is 0 Å². The molecule has 176 valence electrons. The Morgan fingerprint density at radius 3 is 1.41 bits per heavy atom. The van der Waals surface area contributed by atoms with Gasteiger partial charge in [0.25, 0.3) is 0 Å². The summed E-state index contributed by atoms with van der Waals surface area (Å²) >= 11 is 10.3. The molecule has 0 aromatic heterocycles. The van der Waals surface area contributed by atoms with Gasteiger partial charge in [-0.15, -0.1) is 0 Å². The van der Waals surface area contributed by atoms with E-state index in [2.05, 4.69) is 86.2 Å². The van der Waals surface area contributed by atoms with E-state index in [1.807, 2.05) is 14.1 Å². The predicted molar refractivity (Wildman–Crippen MR) is 143 cm³/mol. The number of hydrogen-bond donors (Lipinski definition) is 4. The number of benzene rings is 2. The van der Waals surface area contributed by atoms with Gasteiger partial charge in [0, 0.05) is 25.2 Å². The van der Waals surface area contributed by atoms with Gasteiger partial charge in [-0.05, 0) is 58.0 Å². The first kappa shape index (κ1) is 31.5. The van der Waals surface area contributed by atoms with Gasteiger partial charge in [0.2, 0.25) is 5.91 Å². The Balaban J connectivity index is 0. The van der Waals surface area contributed by atoms with Crippen molar-refractivity contribution in [3.05, 3.63) is 69.8 Å². The first-order chi connectivity index (χ1) is 15.1. The topological polar surface area (TPSA) is 110 Å². The van der Waals surface area contributed by atoms with E-state index in [1.54, 1.807) is 0 Å². The molecule has 0 fully saturated rings. The van der Waals surface area contributed by atoms with E-state index in [1.165, 1.54) is 29.3 Å². The van der Waals surface area contributed by atoms with Crippen LogP contribution in [0.25, 0.3) is 0 Å². The molecule has 2 rings (SSSR count). The van der Waals surface area contributed by atoms with Gasteiger partial charge in [-0.25, -0.2) is 0 Å². The molecular weight excluding hydrogens is 440 g/mol. The molecule has 0 aliphatic carbocycles. The van der Waals surface area contributed by atoms with Crippen molar-refractivity contribution in [2.75, 3.05) is 21.1 Å². The molecule has 0 saturated heterocycles. The van der Waals surface area contributed by atoms with E-state index >= 15 is 0 Å². The monoisotopic (exact) mass is 476 g/mol. The lowest BCUT2D eigenvalue weighted by molar-refractivity contribution is -0.121. The summed E-state index contributed by atoms with van der Waals surface area (Å²) in [5.74, 6) is -0.579. The van der Waals surface area contributed by atoms with Crippen LogP contribution in [0.5, 0.6) is 0 Å². The molecule has 0 unspecified atom stereocenters.